The Morgan fingerprint density at radius 2 is 2.11 bits per heavy atom. The van der Waals surface area contributed by atoms with Gasteiger partial charge in [0.1, 0.15) is 11.4 Å². The molecular formula is C12H14BrFN2O3. The lowest BCUT2D eigenvalue weighted by Gasteiger charge is -2.24. The fourth-order valence-electron chi connectivity index (χ4n) is 1.29. The van der Waals surface area contributed by atoms with E-state index >= 15 is 0 Å². The van der Waals surface area contributed by atoms with E-state index < -0.39 is 23.4 Å². The number of rotatable bonds is 4. The summed E-state index contributed by atoms with van der Waals surface area (Å²) < 4.78 is 14.0. The Kier molecular flexibility index (Phi) is 4.88. The van der Waals surface area contributed by atoms with E-state index in [1.807, 2.05) is 0 Å². The molecular weight excluding hydrogens is 319 g/mol. The van der Waals surface area contributed by atoms with Crippen LogP contribution < -0.4 is 10.6 Å². The van der Waals surface area contributed by atoms with Gasteiger partial charge in [0, 0.05) is 4.47 Å². The number of hydrogen-bond acceptors (Lipinski definition) is 2. The highest BCUT2D eigenvalue weighted by molar-refractivity contribution is 9.10. The second kappa shape index (κ2) is 6.01. The summed E-state index contributed by atoms with van der Waals surface area (Å²) in [5, 5.41) is 13.6. The third-order valence-electron chi connectivity index (χ3n) is 2.75. The number of carboxylic acids is 1. The maximum atomic E-state index is 13.4. The Morgan fingerprint density at radius 1 is 1.47 bits per heavy atom. The average Bonchev–Trinajstić information content (AvgIpc) is 2.33. The predicted molar refractivity (Wildman–Crippen MR) is 72.6 cm³/mol. The minimum atomic E-state index is -1.40. The molecule has 3 N–H and O–H groups in total. The van der Waals surface area contributed by atoms with E-state index in [-0.39, 0.29) is 12.1 Å². The number of carboxylic acid groups (broad SMARTS) is 1. The van der Waals surface area contributed by atoms with Crippen LogP contribution in [0, 0.1) is 5.82 Å². The van der Waals surface area contributed by atoms with Crippen LogP contribution in [-0.2, 0) is 4.79 Å². The molecule has 104 valence electrons. The number of carbonyl (C=O) groups excluding carboxylic acids is 1. The van der Waals surface area contributed by atoms with Crippen molar-refractivity contribution in [3.8, 4) is 0 Å². The van der Waals surface area contributed by atoms with Gasteiger partial charge in [0.25, 0.3) is 0 Å². The van der Waals surface area contributed by atoms with Gasteiger partial charge in [-0.3, -0.25) is 0 Å². The Morgan fingerprint density at radius 3 is 2.63 bits per heavy atom. The van der Waals surface area contributed by atoms with Gasteiger partial charge in [-0.2, -0.15) is 0 Å². The SMILES string of the molecule is CCC(C)(NC(=O)Nc1cc(Br)ccc1F)C(=O)O. The summed E-state index contributed by atoms with van der Waals surface area (Å²) >= 11 is 3.15. The molecule has 1 atom stereocenters. The van der Waals surface area contributed by atoms with Crippen molar-refractivity contribution in [3.63, 3.8) is 0 Å². The van der Waals surface area contributed by atoms with Crippen molar-refractivity contribution in [2.75, 3.05) is 5.32 Å². The molecule has 0 saturated carbocycles. The molecule has 19 heavy (non-hydrogen) atoms. The van der Waals surface area contributed by atoms with Crippen molar-refractivity contribution in [1.82, 2.24) is 5.32 Å². The van der Waals surface area contributed by atoms with Crippen LogP contribution in [0.15, 0.2) is 22.7 Å². The van der Waals surface area contributed by atoms with Crippen LogP contribution in [0.3, 0.4) is 0 Å². The third kappa shape index (κ3) is 3.92. The van der Waals surface area contributed by atoms with Gasteiger partial charge in [-0.05, 0) is 31.5 Å². The number of carbonyl (C=O) groups is 2. The molecule has 0 aromatic heterocycles. The van der Waals surface area contributed by atoms with E-state index in [9.17, 15) is 14.0 Å². The van der Waals surface area contributed by atoms with Gasteiger partial charge >= 0.3 is 12.0 Å². The first-order chi connectivity index (χ1) is 8.78. The minimum Gasteiger partial charge on any atom is -0.480 e. The third-order valence-corrected chi connectivity index (χ3v) is 3.24. The van der Waals surface area contributed by atoms with Crippen LogP contribution in [0.4, 0.5) is 14.9 Å². The highest BCUT2D eigenvalue weighted by Crippen LogP contribution is 2.20. The first-order valence-corrected chi connectivity index (χ1v) is 6.35. The number of halogens is 2. The monoisotopic (exact) mass is 332 g/mol. The maximum Gasteiger partial charge on any atom is 0.329 e. The first-order valence-electron chi connectivity index (χ1n) is 5.56. The van der Waals surface area contributed by atoms with E-state index in [1.165, 1.54) is 25.1 Å². The molecule has 2 amide bonds. The van der Waals surface area contributed by atoms with E-state index in [4.69, 9.17) is 5.11 Å². The fourth-order valence-corrected chi connectivity index (χ4v) is 1.65. The van der Waals surface area contributed by atoms with Crippen LogP contribution in [0.25, 0.3) is 0 Å². The molecule has 0 bridgehead atoms. The molecule has 0 fully saturated rings. The van der Waals surface area contributed by atoms with Crippen LogP contribution in [0.5, 0.6) is 0 Å². The van der Waals surface area contributed by atoms with Crippen molar-refractivity contribution in [2.45, 2.75) is 25.8 Å². The van der Waals surface area contributed by atoms with E-state index in [0.717, 1.165) is 0 Å². The Bertz CT molecular complexity index is 510. The lowest BCUT2D eigenvalue weighted by atomic mass is 10.00. The molecule has 7 heteroatoms. The van der Waals surface area contributed by atoms with Crippen LogP contribution in [-0.4, -0.2) is 22.6 Å². The molecule has 1 rings (SSSR count). The van der Waals surface area contributed by atoms with Crippen LogP contribution >= 0.6 is 15.9 Å². The Hall–Kier alpha value is -1.63. The second-order valence-electron chi connectivity index (χ2n) is 4.19. The zero-order valence-electron chi connectivity index (χ0n) is 10.5. The van der Waals surface area contributed by atoms with Crippen molar-refractivity contribution >= 4 is 33.6 Å². The summed E-state index contributed by atoms with van der Waals surface area (Å²) in [5.41, 5.74) is -1.43. The summed E-state index contributed by atoms with van der Waals surface area (Å²) in [6.45, 7) is 3.01. The van der Waals surface area contributed by atoms with E-state index in [0.29, 0.717) is 4.47 Å². The quantitative estimate of drug-likeness (QED) is 0.793. The molecule has 0 heterocycles. The molecule has 0 aliphatic heterocycles. The van der Waals surface area contributed by atoms with Gasteiger partial charge in [0.05, 0.1) is 5.69 Å². The first kappa shape index (κ1) is 15.4. The minimum absolute atomic E-state index is 0.0317. The summed E-state index contributed by atoms with van der Waals surface area (Å²) in [6, 6.07) is 3.30. The van der Waals surface area contributed by atoms with Gasteiger partial charge in [-0.1, -0.05) is 22.9 Å². The summed E-state index contributed by atoms with van der Waals surface area (Å²) in [4.78, 5) is 22.7. The Balaban J connectivity index is 2.80. The van der Waals surface area contributed by atoms with Gasteiger partial charge in [-0.25, -0.2) is 14.0 Å². The van der Waals surface area contributed by atoms with Crippen molar-refractivity contribution < 1.29 is 19.1 Å². The number of hydrogen-bond donors (Lipinski definition) is 3. The lowest BCUT2D eigenvalue weighted by Crippen LogP contribution is -2.53. The number of anilines is 1. The highest BCUT2D eigenvalue weighted by atomic mass is 79.9. The highest BCUT2D eigenvalue weighted by Gasteiger charge is 2.32. The molecule has 0 saturated heterocycles. The molecule has 1 aromatic carbocycles. The maximum absolute atomic E-state index is 13.4. The topological polar surface area (TPSA) is 78.4 Å². The normalized spacial score (nSPS) is 13.5. The molecule has 5 nitrogen and oxygen atoms in total. The van der Waals surface area contributed by atoms with Gasteiger partial charge in [-0.15, -0.1) is 0 Å². The molecule has 0 aliphatic carbocycles. The standard InChI is InChI=1S/C12H14BrFN2O3/c1-3-12(2,10(17)18)16-11(19)15-9-6-7(13)4-5-8(9)14/h4-6H,3H2,1-2H3,(H,17,18)(H2,15,16,19). The number of nitrogens with one attached hydrogen (secondary N) is 2. The zero-order chi connectivity index (χ0) is 14.6. The van der Waals surface area contributed by atoms with E-state index in [1.54, 1.807) is 6.92 Å². The van der Waals surface area contributed by atoms with Crippen LogP contribution in [0.2, 0.25) is 0 Å². The summed E-state index contributed by atoms with van der Waals surface area (Å²) in [6.07, 6.45) is 0.205. The average molecular weight is 333 g/mol. The smallest absolute Gasteiger partial charge is 0.329 e. The van der Waals surface area contributed by atoms with Crippen molar-refractivity contribution in [3.05, 3.63) is 28.5 Å². The number of urea groups is 1. The lowest BCUT2D eigenvalue weighted by molar-refractivity contribution is -0.143. The van der Waals surface area contributed by atoms with Gasteiger partial charge in [0.2, 0.25) is 0 Å². The molecule has 1 aromatic rings. The van der Waals surface area contributed by atoms with E-state index in [2.05, 4.69) is 26.6 Å². The molecule has 0 radical (unpaired) electrons. The Labute approximate surface area is 118 Å². The predicted octanol–water partition coefficient (Wildman–Crippen LogP) is 2.96. The molecule has 1 unspecified atom stereocenters. The molecule has 0 spiro atoms. The van der Waals surface area contributed by atoms with Crippen molar-refractivity contribution in [2.24, 2.45) is 0 Å². The summed E-state index contributed by atoms with van der Waals surface area (Å²) in [5.74, 6) is -1.76. The second-order valence-corrected chi connectivity index (χ2v) is 5.11. The molecule has 0 aliphatic rings. The zero-order valence-corrected chi connectivity index (χ0v) is 12.0. The summed E-state index contributed by atoms with van der Waals surface area (Å²) in [7, 11) is 0. The largest absolute Gasteiger partial charge is 0.480 e. The number of benzene rings is 1. The van der Waals surface area contributed by atoms with Gasteiger partial charge < -0.3 is 15.7 Å². The van der Waals surface area contributed by atoms with Crippen molar-refractivity contribution in [1.29, 1.82) is 0 Å². The van der Waals surface area contributed by atoms with Crippen LogP contribution in [0.1, 0.15) is 20.3 Å². The number of aliphatic carboxylic acids is 1. The van der Waals surface area contributed by atoms with Gasteiger partial charge in [0.15, 0.2) is 0 Å². The fraction of sp³-hybridized carbons (Fsp3) is 0.333. The number of amides is 2.